The van der Waals surface area contributed by atoms with Crippen LogP contribution >= 0.6 is 0 Å². The van der Waals surface area contributed by atoms with Gasteiger partial charge in [0.15, 0.2) is 5.70 Å². The number of hydrogen-bond donors (Lipinski definition) is 1. The fourth-order valence-electron chi connectivity index (χ4n) is 2.76. The molecular weight excluding hydrogens is 400 g/mol. The summed E-state index contributed by atoms with van der Waals surface area (Å²) >= 11 is 0. The first kappa shape index (κ1) is 19.6. The Hall–Kier alpha value is -4.66. The third kappa shape index (κ3) is 4.51. The van der Waals surface area contributed by atoms with Crippen LogP contribution in [0.4, 0.5) is 17.1 Å². The van der Waals surface area contributed by atoms with Gasteiger partial charge in [-0.05, 0) is 42.5 Å². The van der Waals surface area contributed by atoms with Gasteiger partial charge in [0.1, 0.15) is 5.75 Å². The molecule has 0 radical (unpaired) electrons. The summed E-state index contributed by atoms with van der Waals surface area (Å²) in [7, 11) is 0. The zero-order valence-electron chi connectivity index (χ0n) is 15.9. The fourth-order valence-corrected chi connectivity index (χ4v) is 2.76. The SMILES string of the molecule is O=C1OC(c2cccc([N+](=O)[O-])c2)=N/C1=C/c1cc(N=Nc2ccccc2)ccc1O. The number of phenolic OH excluding ortho intramolecular Hbond substituents is 1. The number of carbonyl (C=O) groups is 1. The molecule has 3 aromatic rings. The van der Waals surface area contributed by atoms with Crippen molar-refractivity contribution in [3.05, 3.63) is 99.7 Å². The maximum atomic E-state index is 12.2. The predicted molar refractivity (Wildman–Crippen MR) is 112 cm³/mol. The second-order valence-corrected chi connectivity index (χ2v) is 6.42. The van der Waals surface area contributed by atoms with Gasteiger partial charge in [0.2, 0.25) is 5.90 Å². The second-order valence-electron chi connectivity index (χ2n) is 6.42. The molecular formula is C22H14N4O5. The zero-order valence-corrected chi connectivity index (χ0v) is 15.9. The molecule has 0 aromatic heterocycles. The Morgan fingerprint density at radius 1 is 0.968 bits per heavy atom. The van der Waals surface area contributed by atoms with Crippen molar-refractivity contribution in [1.29, 1.82) is 0 Å². The van der Waals surface area contributed by atoms with Crippen molar-refractivity contribution in [2.75, 3.05) is 0 Å². The van der Waals surface area contributed by atoms with Gasteiger partial charge in [-0.3, -0.25) is 10.1 Å². The molecule has 152 valence electrons. The van der Waals surface area contributed by atoms with Crippen LogP contribution in [0.1, 0.15) is 11.1 Å². The number of rotatable bonds is 5. The fraction of sp³-hybridized carbons (Fsp3) is 0. The van der Waals surface area contributed by atoms with E-state index in [0.717, 1.165) is 0 Å². The lowest BCUT2D eigenvalue weighted by Gasteiger charge is -2.01. The van der Waals surface area contributed by atoms with Crippen LogP contribution < -0.4 is 0 Å². The maximum absolute atomic E-state index is 12.2. The third-order valence-corrected chi connectivity index (χ3v) is 4.26. The molecule has 0 atom stereocenters. The second kappa shape index (κ2) is 8.37. The highest BCUT2D eigenvalue weighted by molar-refractivity contribution is 6.13. The number of azo groups is 1. The standard InChI is InChI=1S/C22H14N4O5/c27-20-10-9-17(25-24-16-6-2-1-3-7-16)11-15(20)13-19-22(28)31-21(23-19)14-5-4-8-18(12-14)26(29)30/h1-13,27H/b19-13+,25-24?. The Bertz CT molecular complexity index is 1270. The van der Waals surface area contributed by atoms with Crippen LogP contribution in [-0.2, 0) is 9.53 Å². The van der Waals surface area contributed by atoms with E-state index < -0.39 is 10.9 Å². The lowest BCUT2D eigenvalue weighted by atomic mass is 10.1. The number of cyclic esters (lactones) is 1. The molecule has 1 aliphatic rings. The molecule has 9 heteroatoms. The number of nitro groups is 1. The Balaban J connectivity index is 1.63. The molecule has 0 saturated heterocycles. The number of ether oxygens (including phenoxy) is 1. The lowest BCUT2D eigenvalue weighted by Crippen LogP contribution is -2.05. The van der Waals surface area contributed by atoms with Gasteiger partial charge >= 0.3 is 5.97 Å². The number of esters is 1. The smallest absolute Gasteiger partial charge is 0.363 e. The van der Waals surface area contributed by atoms with Crippen LogP contribution in [0.2, 0.25) is 0 Å². The van der Waals surface area contributed by atoms with Crippen LogP contribution in [0.25, 0.3) is 6.08 Å². The Morgan fingerprint density at radius 3 is 2.52 bits per heavy atom. The first-order valence-corrected chi connectivity index (χ1v) is 9.07. The molecule has 0 amide bonds. The topological polar surface area (TPSA) is 127 Å². The number of benzene rings is 3. The van der Waals surface area contributed by atoms with Gasteiger partial charge in [-0.1, -0.05) is 24.3 Å². The molecule has 0 fully saturated rings. The molecule has 0 spiro atoms. The van der Waals surface area contributed by atoms with Crippen LogP contribution in [0.15, 0.2) is 93.7 Å². The average Bonchev–Trinajstić information content (AvgIpc) is 3.15. The predicted octanol–water partition coefficient (Wildman–Crippen LogP) is 5.06. The molecule has 0 unspecified atom stereocenters. The van der Waals surface area contributed by atoms with Gasteiger partial charge in [0, 0.05) is 23.3 Å². The summed E-state index contributed by atoms with van der Waals surface area (Å²) in [5.41, 5.74) is 1.50. The summed E-state index contributed by atoms with van der Waals surface area (Å²) in [5, 5.41) is 29.4. The van der Waals surface area contributed by atoms with Gasteiger partial charge < -0.3 is 9.84 Å². The molecule has 3 aromatic carbocycles. The molecule has 31 heavy (non-hydrogen) atoms. The quantitative estimate of drug-likeness (QED) is 0.205. The van der Waals surface area contributed by atoms with Crippen molar-refractivity contribution < 1.29 is 19.6 Å². The van der Waals surface area contributed by atoms with E-state index in [4.69, 9.17) is 4.74 Å². The average molecular weight is 414 g/mol. The van der Waals surface area contributed by atoms with E-state index in [1.807, 2.05) is 18.2 Å². The molecule has 1 heterocycles. The van der Waals surface area contributed by atoms with E-state index in [0.29, 0.717) is 22.5 Å². The van der Waals surface area contributed by atoms with E-state index >= 15 is 0 Å². The van der Waals surface area contributed by atoms with Gasteiger partial charge in [-0.15, -0.1) is 0 Å². The van der Waals surface area contributed by atoms with Gasteiger partial charge in [0.25, 0.3) is 5.69 Å². The third-order valence-electron chi connectivity index (χ3n) is 4.26. The van der Waals surface area contributed by atoms with E-state index in [1.54, 1.807) is 30.3 Å². The number of non-ortho nitro benzene ring substituents is 1. The van der Waals surface area contributed by atoms with Crippen LogP contribution in [0.3, 0.4) is 0 Å². The molecule has 1 N–H and O–H groups in total. The summed E-state index contributed by atoms with van der Waals surface area (Å²) in [6, 6.07) is 19.3. The van der Waals surface area contributed by atoms with E-state index in [2.05, 4.69) is 15.2 Å². The molecule has 0 bridgehead atoms. The summed E-state index contributed by atoms with van der Waals surface area (Å²) < 4.78 is 5.14. The minimum atomic E-state index is -0.739. The lowest BCUT2D eigenvalue weighted by molar-refractivity contribution is -0.384. The number of nitro benzene ring substituents is 1. The molecule has 0 saturated carbocycles. The molecule has 0 aliphatic carbocycles. The van der Waals surface area contributed by atoms with Crippen molar-refractivity contribution in [3.8, 4) is 5.75 Å². The largest absolute Gasteiger partial charge is 0.507 e. The van der Waals surface area contributed by atoms with Gasteiger partial charge in [-0.25, -0.2) is 9.79 Å². The molecule has 9 nitrogen and oxygen atoms in total. The number of hydrogen-bond acceptors (Lipinski definition) is 8. The van der Waals surface area contributed by atoms with Crippen molar-refractivity contribution >= 4 is 35.0 Å². The monoisotopic (exact) mass is 414 g/mol. The minimum absolute atomic E-state index is 0.0561. The van der Waals surface area contributed by atoms with Crippen molar-refractivity contribution in [1.82, 2.24) is 0 Å². The van der Waals surface area contributed by atoms with Crippen molar-refractivity contribution in [2.45, 2.75) is 0 Å². The van der Waals surface area contributed by atoms with E-state index in [-0.39, 0.29) is 23.0 Å². The zero-order chi connectivity index (χ0) is 21.8. The Kier molecular flexibility index (Phi) is 5.31. The van der Waals surface area contributed by atoms with E-state index in [1.165, 1.54) is 30.3 Å². The minimum Gasteiger partial charge on any atom is -0.507 e. The van der Waals surface area contributed by atoms with E-state index in [9.17, 15) is 20.0 Å². The molecule has 1 aliphatic heterocycles. The van der Waals surface area contributed by atoms with Crippen LogP contribution in [-0.4, -0.2) is 21.9 Å². The number of aliphatic imine (C=N–C) groups is 1. The maximum Gasteiger partial charge on any atom is 0.363 e. The Labute approximate surface area is 175 Å². The van der Waals surface area contributed by atoms with Crippen molar-refractivity contribution in [2.24, 2.45) is 15.2 Å². The normalized spacial score (nSPS) is 14.6. The number of nitrogens with zero attached hydrogens (tertiary/aromatic N) is 4. The highest BCUT2D eigenvalue weighted by Crippen LogP contribution is 2.29. The number of aromatic hydroxyl groups is 1. The van der Waals surface area contributed by atoms with Crippen LogP contribution in [0.5, 0.6) is 5.75 Å². The van der Waals surface area contributed by atoms with Crippen LogP contribution in [0, 0.1) is 10.1 Å². The van der Waals surface area contributed by atoms with Gasteiger partial charge in [-0.2, -0.15) is 10.2 Å². The summed E-state index contributed by atoms with van der Waals surface area (Å²) in [6.07, 6.45) is 1.35. The molecule has 4 rings (SSSR count). The number of carbonyl (C=O) groups excluding carboxylic acids is 1. The highest BCUT2D eigenvalue weighted by atomic mass is 16.6. The summed E-state index contributed by atoms with van der Waals surface area (Å²) in [6.45, 7) is 0. The van der Waals surface area contributed by atoms with Gasteiger partial charge in [0.05, 0.1) is 16.3 Å². The summed E-state index contributed by atoms with van der Waals surface area (Å²) in [5.74, 6) is -0.880. The highest BCUT2D eigenvalue weighted by Gasteiger charge is 2.25. The Morgan fingerprint density at radius 2 is 1.74 bits per heavy atom. The summed E-state index contributed by atoms with van der Waals surface area (Å²) in [4.78, 5) is 26.7. The van der Waals surface area contributed by atoms with Crippen molar-refractivity contribution in [3.63, 3.8) is 0 Å². The first-order chi connectivity index (χ1) is 15.0. The first-order valence-electron chi connectivity index (χ1n) is 9.07. The number of phenols is 1.